The van der Waals surface area contributed by atoms with Gasteiger partial charge in [0.2, 0.25) is 5.82 Å². The number of ether oxygens (including phenoxy) is 1. The van der Waals surface area contributed by atoms with Gasteiger partial charge in [-0.1, -0.05) is 15.9 Å². The number of hydrogen-bond donors (Lipinski definition) is 2. The number of rotatable bonds is 3. The van der Waals surface area contributed by atoms with Gasteiger partial charge in [-0.05, 0) is 24.3 Å². The Morgan fingerprint density at radius 3 is 2.74 bits per heavy atom. The van der Waals surface area contributed by atoms with Crippen molar-refractivity contribution < 1.29 is 13.5 Å². The van der Waals surface area contributed by atoms with Crippen LogP contribution in [0, 0.1) is 17.0 Å². The van der Waals surface area contributed by atoms with Crippen LogP contribution < -0.4 is 10.5 Å². The van der Waals surface area contributed by atoms with Gasteiger partial charge in [0.1, 0.15) is 11.5 Å². The first-order valence-electron chi connectivity index (χ1n) is 5.11. The van der Waals surface area contributed by atoms with Crippen molar-refractivity contribution in [1.82, 2.24) is 4.98 Å². The summed E-state index contributed by atoms with van der Waals surface area (Å²) in [7, 11) is 0. The Hall–Kier alpha value is -2.02. The molecule has 0 radical (unpaired) electrons. The quantitative estimate of drug-likeness (QED) is 0.516. The minimum atomic E-state index is -1.12. The van der Waals surface area contributed by atoms with Gasteiger partial charge < -0.3 is 10.5 Å². The van der Waals surface area contributed by atoms with Crippen LogP contribution in [-0.2, 0) is 0 Å². The van der Waals surface area contributed by atoms with E-state index in [1.54, 1.807) is 0 Å². The molecule has 0 fully saturated rings. The molecule has 0 saturated heterocycles. The molecule has 0 amide bonds. The number of aromatic nitrogens is 1. The number of nitrogens with zero attached hydrogens (tertiary/aromatic N) is 1. The number of benzene rings is 1. The van der Waals surface area contributed by atoms with Gasteiger partial charge in [-0.2, -0.15) is 4.39 Å². The molecule has 0 saturated carbocycles. The number of halogens is 3. The molecule has 1 aromatic heterocycles. The van der Waals surface area contributed by atoms with Gasteiger partial charge in [0, 0.05) is 10.7 Å². The Kier molecular flexibility index (Phi) is 3.75. The maximum Gasteiger partial charge on any atom is 0.201 e. The third-order valence-corrected chi connectivity index (χ3v) is 2.66. The Morgan fingerprint density at radius 2 is 2.05 bits per heavy atom. The predicted molar refractivity (Wildman–Crippen MR) is 69.4 cm³/mol. The highest BCUT2D eigenvalue weighted by atomic mass is 79.9. The van der Waals surface area contributed by atoms with E-state index in [0.29, 0.717) is 4.47 Å². The Bertz CT molecular complexity index is 649. The average Bonchev–Trinajstić information content (AvgIpc) is 2.35. The number of nitrogen functional groups attached to an aromatic ring is 1. The van der Waals surface area contributed by atoms with Crippen LogP contribution in [0.4, 0.5) is 8.78 Å². The Morgan fingerprint density at radius 1 is 1.32 bits per heavy atom. The first-order chi connectivity index (χ1) is 8.99. The molecule has 4 nitrogen and oxygen atoms in total. The summed E-state index contributed by atoms with van der Waals surface area (Å²) in [6.07, 6.45) is 1.42. The van der Waals surface area contributed by atoms with Gasteiger partial charge >= 0.3 is 0 Å². The third kappa shape index (κ3) is 2.87. The molecule has 98 valence electrons. The highest BCUT2D eigenvalue weighted by Crippen LogP contribution is 2.30. The van der Waals surface area contributed by atoms with Crippen LogP contribution in [-0.4, -0.2) is 10.8 Å². The number of nitrogens with one attached hydrogen (secondary N) is 1. The van der Waals surface area contributed by atoms with Crippen LogP contribution in [0.25, 0.3) is 0 Å². The normalized spacial score (nSPS) is 10.3. The van der Waals surface area contributed by atoms with Gasteiger partial charge in [-0.15, -0.1) is 0 Å². The summed E-state index contributed by atoms with van der Waals surface area (Å²) in [5.74, 6) is -2.74. The summed E-state index contributed by atoms with van der Waals surface area (Å²) >= 11 is 3.04. The largest absolute Gasteiger partial charge is 0.452 e. The summed E-state index contributed by atoms with van der Waals surface area (Å²) in [6.45, 7) is 0. The van der Waals surface area contributed by atoms with E-state index in [1.807, 2.05) is 0 Å². The van der Waals surface area contributed by atoms with Gasteiger partial charge in [-0.25, -0.2) is 9.37 Å². The summed E-state index contributed by atoms with van der Waals surface area (Å²) in [5.41, 5.74) is 5.39. The van der Waals surface area contributed by atoms with Crippen LogP contribution in [0.3, 0.4) is 0 Å². The highest BCUT2D eigenvalue weighted by Gasteiger charge is 2.15. The zero-order valence-corrected chi connectivity index (χ0v) is 11.0. The standard InChI is InChI=1S/C12H8BrF2N3O/c13-6-4-7(14)10(15)9(5-6)19-8-2-1-3-18-11(8)12(16)17/h1-5H,(H3,16,17). The molecule has 0 aliphatic rings. The van der Waals surface area contributed by atoms with E-state index < -0.39 is 11.6 Å². The lowest BCUT2D eigenvalue weighted by Crippen LogP contribution is -2.14. The molecular formula is C12H8BrF2N3O. The molecule has 1 aromatic carbocycles. The summed E-state index contributed by atoms with van der Waals surface area (Å²) in [4.78, 5) is 3.85. The molecule has 0 aliphatic heterocycles. The van der Waals surface area contributed by atoms with Crippen LogP contribution >= 0.6 is 15.9 Å². The number of pyridine rings is 1. The van der Waals surface area contributed by atoms with E-state index in [1.165, 1.54) is 24.4 Å². The second kappa shape index (κ2) is 5.31. The molecule has 19 heavy (non-hydrogen) atoms. The van der Waals surface area contributed by atoms with E-state index in [-0.39, 0.29) is 23.0 Å². The second-order valence-corrected chi connectivity index (χ2v) is 4.48. The van der Waals surface area contributed by atoms with Crippen LogP contribution in [0.1, 0.15) is 5.69 Å². The van der Waals surface area contributed by atoms with Gasteiger partial charge in [0.25, 0.3) is 0 Å². The van der Waals surface area contributed by atoms with Crippen LogP contribution in [0.15, 0.2) is 34.9 Å². The SMILES string of the molecule is N=C(N)c1ncccc1Oc1cc(Br)cc(F)c1F. The fourth-order valence-electron chi connectivity index (χ4n) is 1.40. The van der Waals surface area contributed by atoms with Crippen molar-refractivity contribution in [3.63, 3.8) is 0 Å². The predicted octanol–water partition coefficient (Wildman–Crippen LogP) is 3.20. The summed E-state index contributed by atoms with van der Waals surface area (Å²) < 4.78 is 32.4. The molecule has 0 bridgehead atoms. The first kappa shape index (κ1) is 13.4. The number of hydrogen-bond acceptors (Lipinski definition) is 3. The van der Waals surface area contributed by atoms with Crippen LogP contribution in [0.5, 0.6) is 11.5 Å². The lowest BCUT2D eigenvalue weighted by Gasteiger charge is -2.10. The van der Waals surface area contributed by atoms with E-state index in [0.717, 1.165) is 6.07 Å². The second-order valence-electron chi connectivity index (χ2n) is 3.57. The van der Waals surface area contributed by atoms with Crippen molar-refractivity contribution in [3.05, 3.63) is 52.3 Å². The molecule has 0 unspecified atom stereocenters. The lowest BCUT2D eigenvalue weighted by atomic mass is 10.3. The zero-order valence-electron chi connectivity index (χ0n) is 9.45. The lowest BCUT2D eigenvalue weighted by molar-refractivity contribution is 0.413. The van der Waals surface area contributed by atoms with Crippen molar-refractivity contribution in [1.29, 1.82) is 5.41 Å². The third-order valence-electron chi connectivity index (χ3n) is 2.21. The molecule has 0 spiro atoms. The van der Waals surface area contributed by atoms with Crippen molar-refractivity contribution >= 4 is 21.8 Å². The zero-order chi connectivity index (χ0) is 14.0. The van der Waals surface area contributed by atoms with Crippen molar-refractivity contribution in [3.8, 4) is 11.5 Å². The molecule has 3 N–H and O–H groups in total. The number of nitrogens with two attached hydrogens (primary N) is 1. The number of amidine groups is 1. The maximum atomic E-state index is 13.6. The van der Waals surface area contributed by atoms with E-state index in [2.05, 4.69) is 20.9 Å². The van der Waals surface area contributed by atoms with E-state index in [9.17, 15) is 8.78 Å². The van der Waals surface area contributed by atoms with Crippen molar-refractivity contribution in [2.24, 2.45) is 5.73 Å². The van der Waals surface area contributed by atoms with E-state index >= 15 is 0 Å². The Labute approximate surface area is 115 Å². The van der Waals surface area contributed by atoms with Gasteiger partial charge in [0.15, 0.2) is 17.3 Å². The van der Waals surface area contributed by atoms with Crippen molar-refractivity contribution in [2.75, 3.05) is 0 Å². The van der Waals surface area contributed by atoms with Gasteiger partial charge in [-0.3, -0.25) is 5.41 Å². The van der Waals surface area contributed by atoms with Crippen molar-refractivity contribution in [2.45, 2.75) is 0 Å². The molecule has 2 rings (SSSR count). The summed E-state index contributed by atoms with van der Waals surface area (Å²) in [6, 6.07) is 5.25. The maximum absolute atomic E-state index is 13.6. The van der Waals surface area contributed by atoms with Gasteiger partial charge in [0.05, 0.1) is 0 Å². The molecule has 2 aromatic rings. The fourth-order valence-corrected chi connectivity index (χ4v) is 1.81. The van der Waals surface area contributed by atoms with E-state index in [4.69, 9.17) is 15.9 Å². The minimum absolute atomic E-state index is 0.0577. The molecule has 0 aliphatic carbocycles. The first-order valence-corrected chi connectivity index (χ1v) is 5.90. The molecule has 0 atom stereocenters. The van der Waals surface area contributed by atoms with Crippen LogP contribution in [0.2, 0.25) is 0 Å². The highest BCUT2D eigenvalue weighted by molar-refractivity contribution is 9.10. The monoisotopic (exact) mass is 327 g/mol. The fraction of sp³-hybridized carbons (Fsp3) is 0. The Balaban J connectivity index is 2.45. The topological polar surface area (TPSA) is 72.0 Å². The molecule has 7 heteroatoms. The minimum Gasteiger partial charge on any atom is -0.452 e. The molecule has 1 heterocycles. The summed E-state index contributed by atoms with van der Waals surface area (Å²) in [5, 5.41) is 7.34. The average molecular weight is 328 g/mol. The smallest absolute Gasteiger partial charge is 0.201 e. The molecular weight excluding hydrogens is 320 g/mol.